The highest BCUT2D eigenvalue weighted by Crippen LogP contribution is 2.29. The van der Waals surface area contributed by atoms with Crippen molar-refractivity contribution in [1.82, 2.24) is 9.97 Å². The lowest BCUT2D eigenvalue weighted by Crippen LogP contribution is -2.45. The van der Waals surface area contributed by atoms with Gasteiger partial charge in [-0.05, 0) is 17.7 Å². The van der Waals surface area contributed by atoms with Crippen LogP contribution in [-0.4, -0.2) is 34.2 Å². The number of nitrogens with zero attached hydrogens (tertiary/aromatic N) is 1. The smallest absolute Gasteiger partial charge is 0.330 e. The number of amides is 1. The number of aromatic nitrogens is 2. The molecule has 1 unspecified atom stereocenters. The summed E-state index contributed by atoms with van der Waals surface area (Å²) in [6.45, 7) is -0.00773. The van der Waals surface area contributed by atoms with Gasteiger partial charge in [0.15, 0.2) is 5.82 Å². The number of nitrogens with one attached hydrogen (secondary N) is 2. The molecule has 0 saturated carbocycles. The number of hydrogen-bond donors (Lipinski definition) is 3. The highest BCUT2D eigenvalue weighted by atomic mass is 16.5. The summed E-state index contributed by atoms with van der Waals surface area (Å²) in [5, 5.41) is 4.76. The van der Waals surface area contributed by atoms with Gasteiger partial charge in [-0.2, -0.15) is 0 Å². The first-order valence-corrected chi connectivity index (χ1v) is 9.65. The van der Waals surface area contributed by atoms with E-state index in [9.17, 15) is 14.4 Å². The van der Waals surface area contributed by atoms with Crippen LogP contribution in [0.1, 0.15) is 5.56 Å². The molecule has 8 heteroatoms. The van der Waals surface area contributed by atoms with Crippen molar-refractivity contribution < 1.29 is 19.1 Å². The number of aromatic amines is 1. The van der Waals surface area contributed by atoms with Gasteiger partial charge in [0.25, 0.3) is 0 Å². The second kappa shape index (κ2) is 8.66. The van der Waals surface area contributed by atoms with Crippen molar-refractivity contribution >= 4 is 45.8 Å². The van der Waals surface area contributed by atoms with Gasteiger partial charge in [-0.1, -0.05) is 48.5 Å². The third-order valence-electron chi connectivity index (χ3n) is 5.03. The Morgan fingerprint density at radius 2 is 1.81 bits per heavy atom. The number of hydrogen-bond acceptors (Lipinski definition) is 6. The third-order valence-corrected chi connectivity index (χ3v) is 5.03. The molecule has 2 aromatic heterocycles. The van der Waals surface area contributed by atoms with Crippen molar-refractivity contribution in [2.24, 2.45) is 11.7 Å². The van der Waals surface area contributed by atoms with Crippen LogP contribution in [0.15, 0.2) is 66.9 Å². The molecule has 2 atom stereocenters. The minimum atomic E-state index is -1.43. The minimum Gasteiger partial charge on any atom is -0.459 e. The van der Waals surface area contributed by atoms with Gasteiger partial charge in [-0.15, -0.1) is 0 Å². The summed E-state index contributed by atoms with van der Waals surface area (Å²) in [6.07, 6.45) is 1.92. The Morgan fingerprint density at radius 1 is 1.06 bits per heavy atom. The first-order valence-electron chi connectivity index (χ1n) is 9.65. The number of benzene rings is 2. The quantitative estimate of drug-likeness (QED) is 0.230. The average Bonchev–Trinajstić information content (AvgIpc) is 3.17. The maximum absolute atomic E-state index is 12.8. The van der Waals surface area contributed by atoms with Gasteiger partial charge in [0.05, 0.1) is 5.52 Å². The van der Waals surface area contributed by atoms with E-state index in [4.69, 9.17) is 10.5 Å². The number of H-pyrrole nitrogens is 1. The van der Waals surface area contributed by atoms with Gasteiger partial charge >= 0.3 is 5.97 Å². The monoisotopic (exact) mass is 416 g/mol. The summed E-state index contributed by atoms with van der Waals surface area (Å²) in [5.41, 5.74) is 7.67. The SMILES string of the molecule is NC(=O)C(C=O)[C@H](Nc1nccc2c1[nH]c1ccccc12)C(=O)OCc1ccccc1. The second-order valence-corrected chi connectivity index (χ2v) is 7.03. The molecular formula is C23H20N4O4. The second-order valence-electron chi connectivity index (χ2n) is 7.03. The number of ether oxygens (including phenoxy) is 1. The Kier molecular flexibility index (Phi) is 5.61. The molecule has 0 bridgehead atoms. The van der Waals surface area contributed by atoms with Gasteiger partial charge in [0.2, 0.25) is 5.91 Å². The maximum Gasteiger partial charge on any atom is 0.330 e. The van der Waals surface area contributed by atoms with Crippen molar-refractivity contribution in [3.8, 4) is 0 Å². The van der Waals surface area contributed by atoms with E-state index < -0.39 is 23.8 Å². The zero-order valence-electron chi connectivity index (χ0n) is 16.4. The van der Waals surface area contributed by atoms with E-state index in [-0.39, 0.29) is 6.61 Å². The zero-order valence-corrected chi connectivity index (χ0v) is 16.4. The van der Waals surface area contributed by atoms with Crippen LogP contribution in [0.3, 0.4) is 0 Å². The molecule has 4 N–H and O–H groups in total. The van der Waals surface area contributed by atoms with Crippen LogP contribution in [0.4, 0.5) is 5.82 Å². The predicted octanol–water partition coefficient (Wildman–Crippen LogP) is 2.54. The molecule has 0 aliphatic heterocycles. The van der Waals surface area contributed by atoms with Crippen molar-refractivity contribution in [1.29, 1.82) is 0 Å². The number of nitrogens with two attached hydrogens (primary N) is 1. The van der Waals surface area contributed by atoms with Gasteiger partial charge in [-0.25, -0.2) is 9.78 Å². The molecule has 8 nitrogen and oxygen atoms in total. The van der Waals surface area contributed by atoms with Crippen LogP contribution < -0.4 is 11.1 Å². The van der Waals surface area contributed by atoms with E-state index in [1.54, 1.807) is 18.3 Å². The Labute approximate surface area is 177 Å². The molecule has 4 aromatic rings. The minimum absolute atomic E-state index is 0.00773. The van der Waals surface area contributed by atoms with Crippen LogP contribution in [0.25, 0.3) is 21.8 Å². The molecule has 2 heterocycles. The van der Waals surface area contributed by atoms with Gasteiger partial charge in [-0.3, -0.25) is 4.79 Å². The third kappa shape index (κ3) is 4.09. The normalized spacial score (nSPS) is 12.9. The number of carbonyl (C=O) groups excluding carboxylic acids is 3. The molecule has 0 aliphatic rings. The molecular weight excluding hydrogens is 396 g/mol. The molecule has 0 radical (unpaired) electrons. The maximum atomic E-state index is 12.8. The molecule has 31 heavy (non-hydrogen) atoms. The standard InChI is InChI=1S/C23H20N4O4/c24-21(29)17(12-28)20(23(30)31-13-14-6-2-1-3-7-14)27-22-19-16(10-11-25-22)15-8-4-5-9-18(15)26-19/h1-12,17,20,26H,13H2,(H2,24,29)(H,25,27)/t17?,20-/m0/s1. The fraction of sp³-hybridized carbons (Fsp3) is 0.130. The summed E-state index contributed by atoms with van der Waals surface area (Å²) in [5.74, 6) is -2.84. The molecule has 0 spiro atoms. The number of primary amides is 1. The van der Waals surface area contributed by atoms with Crippen LogP contribution >= 0.6 is 0 Å². The number of rotatable bonds is 8. The lowest BCUT2D eigenvalue weighted by atomic mass is 10.0. The Bertz CT molecular complexity index is 1250. The van der Waals surface area contributed by atoms with Crippen LogP contribution in [0, 0.1) is 5.92 Å². The van der Waals surface area contributed by atoms with Gasteiger partial charge in [0.1, 0.15) is 24.9 Å². The number of aldehydes is 1. The number of anilines is 1. The highest BCUT2D eigenvalue weighted by Gasteiger charge is 2.34. The lowest BCUT2D eigenvalue weighted by Gasteiger charge is -2.21. The first-order chi connectivity index (χ1) is 15.1. The Balaban J connectivity index is 1.66. The average molecular weight is 416 g/mol. The van der Waals surface area contributed by atoms with E-state index in [1.165, 1.54) is 0 Å². The topological polar surface area (TPSA) is 127 Å². The zero-order chi connectivity index (χ0) is 21.8. The first kappa shape index (κ1) is 20.1. The molecule has 2 aromatic carbocycles. The summed E-state index contributed by atoms with van der Waals surface area (Å²) < 4.78 is 5.36. The van der Waals surface area contributed by atoms with Crippen molar-refractivity contribution in [3.63, 3.8) is 0 Å². The van der Waals surface area contributed by atoms with E-state index >= 15 is 0 Å². The predicted molar refractivity (Wildman–Crippen MR) is 116 cm³/mol. The summed E-state index contributed by atoms with van der Waals surface area (Å²) in [7, 11) is 0. The van der Waals surface area contributed by atoms with Crippen molar-refractivity contribution in [2.75, 3.05) is 5.32 Å². The number of pyridine rings is 1. The Morgan fingerprint density at radius 3 is 2.55 bits per heavy atom. The summed E-state index contributed by atoms with van der Waals surface area (Å²) in [6, 6.07) is 17.3. The van der Waals surface area contributed by atoms with Crippen LogP contribution in [0.2, 0.25) is 0 Å². The molecule has 1 amide bonds. The van der Waals surface area contributed by atoms with Crippen LogP contribution in [0.5, 0.6) is 0 Å². The van der Waals surface area contributed by atoms with E-state index in [1.807, 2.05) is 48.5 Å². The number of fused-ring (bicyclic) bond motifs is 3. The van der Waals surface area contributed by atoms with Crippen LogP contribution in [-0.2, 0) is 25.7 Å². The van der Waals surface area contributed by atoms with E-state index in [0.29, 0.717) is 17.6 Å². The summed E-state index contributed by atoms with van der Waals surface area (Å²) in [4.78, 5) is 43.8. The largest absolute Gasteiger partial charge is 0.459 e. The van der Waals surface area contributed by atoms with E-state index in [2.05, 4.69) is 15.3 Å². The molecule has 0 aliphatic carbocycles. The van der Waals surface area contributed by atoms with Gasteiger partial charge < -0.3 is 25.6 Å². The number of esters is 1. The van der Waals surface area contributed by atoms with Gasteiger partial charge in [0, 0.05) is 22.5 Å². The highest BCUT2D eigenvalue weighted by molar-refractivity contribution is 6.10. The molecule has 0 fully saturated rings. The number of para-hydroxylation sites is 1. The number of carbonyl (C=O) groups is 3. The summed E-state index contributed by atoms with van der Waals surface area (Å²) >= 11 is 0. The fourth-order valence-corrected chi connectivity index (χ4v) is 3.45. The van der Waals surface area contributed by atoms with Crippen molar-refractivity contribution in [2.45, 2.75) is 12.6 Å². The fourth-order valence-electron chi connectivity index (χ4n) is 3.45. The van der Waals surface area contributed by atoms with E-state index in [0.717, 1.165) is 21.9 Å². The Hall–Kier alpha value is -4.20. The molecule has 156 valence electrons. The molecule has 0 saturated heterocycles. The molecule has 4 rings (SSSR count). The van der Waals surface area contributed by atoms with Crippen molar-refractivity contribution in [3.05, 3.63) is 72.4 Å². The lowest BCUT2D eigenvalue weighted by molar-refractivity contribution is -0.150.